The Morgan fingerprint density at radius 2 is 2.05 bits per heavy atom. The van der Waals surface area contributed by atoms with E-state index in [9.17, 15) is 19.2 Å². The molecular formula is C11H8N2O5S. The van der Waals surface area contributed by atoms with Gasteiger partial charge in [0.25, 0.3) is 0 Å². The van der Waals surface area contributed by atoms with E-state index in [0.717, 1.165) is 17.2 Å². The molecule has 0 radical (unpaired) electrons. The van der Waals surface area contributed by atoms with Gasteiger partial charge in [0.05, 0.1) is 0 Å². The van der Waals surface area contributed by atoms with Crippen molar-refractivity contribution in [2.45, 2.75) is 13.3 Å². The topological polar surface area (TPSA) is 92.8 Å². The van der Waals surface area contributed by atoms with Crippen molar-refractivity contribution >= 4 is 40.9 Å². The van der Waals surface area contributed by atoms with E-state index in [1.165, 1.54) is 6.92 Å². The third kappa shape index (κ3) is 2.58. The summed E-state index contributed by atoms with van der Waals surface area (Å²) in [5, 5.41) is 2.08. The van der Waals surface area contributed by atoms with Crippen LogP contribution in [0.2, 0.25) is 0 Å². The van der Waals surface area contributed by atoms with E-state index in [-0.39, 0.29) is 16.4 Å². The predicted octanol–water partition coefficient (Wildman–Crippen LogP) is -0.467. The summed E-state index contributed by atoms with van der Waals surface area (Å²) in [4.78, 5) is 46.8. The average molecular weight is 280 g/mol. The van der Waals surface area contributed by atoms with Gasteiger partial charge in [-0.2, -0.15) is 0 Å². The molecule has 1 saturated heterocycles. The van der Waals surface area contributed by atoms with Gasteiger partial charge in [-0.1, -0.05) is 0 Å². The van der Waals surface area contributed by atoms with Crippen LogP contribution in [0.5, 0.6) is 0 Å². The van der Waals surface area contributed by atoms with Gasteiger partial charge in [0, 0.05) is 12.3 Å². The van der Waals surface area contributed by atoms with E-state index in [4.69, 9.17) is 17.0 Å². The van der Waals surface area contributed by atoms with E-state index in [1.54, 1.807) is 0 Å². The number of rotatable bonds is 1. The van der Waals surface area contributed by atoms with Crippen LogP contribution in [0.15, 0.2) is 23.6 Å². The molecule has 98 valence electrons. The Balaban J connectivity index is 2.33. The van der Waals surface area contributed by atoms with Gasteiger partial charge in [0.1, 0.15) is 17.8 Å². The van der Waals surface area contributed by atoms with Crippen molar-refractivity contribution < 1.29 is 23.9 Å². The van der Waals surface area contributed by atoms with Crippen molar-refractivity contribution in [2.24, 2.45) is 0 Å². The van der Waals surface area contributed by atoms with Crippen LogP contribution < -0.4 is 5.32 Å². The summed E-state index contributed by atoms with van der Waals surface area (Å²) in [5.41, 5.74) is -0.322. The molecule has 19 heavy (non-hydrogen) atoms. The highest BCUT2D eigenvalue weighted by molar-refractivity contribution is 7.80. The lowest BCUT2D eigenvalue weighted by atomic mass is 10.1. The molecule has 0 unspecified atom stereocenters. The van der Waals surface area contributed by atoms with Crippen LogP contribution in [0, 0.1) is 0 Å². The fourth-order valence-corrected chi connectivity index (χ4v) is 1.80. The van der Waals surface area contributed by atoms with E-state index >= 15 is 0 Å². The number of carbonyl (C=O) groups is 4. The van der Waals surface area contributed by atoms with Crippen LogP contribution in [0.3, 0.4) is 0 Å². The van der Waals surface area contributed by atoms with E-state index < -0.39 is 30.0 Å². The Morgan fingerprint density at radius 1 is 1.37 bits per heavy atom. The van der Waals surface area contributed by atoms with Gasteiger partial charge >= 0.3 is 5.97 Å². The highest BCUT2D eigenvalue weighted by Crippen LogP contribution is 2.16. The Labute approximate surface area is 112 Å². The van der Waals surface area contributed by atoms with Gasteiger partial charge < -0.3 is 10.1 Å². The summed E-state index contributed by atoms with van der Waals surface area (Å²) in [6.07, 6.45) is 1.71. The average Bonchev–Trinajstić information content (AvgIpc) is 2.25. The number of nitrogens with one attached hydrogen (secondary N) is 1. The minimum Gasteiger partial charge on any atom is -0.427 e. The summed E-state index contributed by atoms with van der Waals surface area (Å²) in [6, 6.07) is 0. The molecule has 0 aromatic carbocycles. The number of allylic oxidation sites excluding steroid dienone is 2. The lowest BCUT2D eigenvalue weighted by molar-refractivity contribution is -0.137. The zero-order chi connectivity index (χ0) is 14.2. The molecule has 0 spiro atoms. The first-order valence-electron chi connectivity index (χ1n) is 5.21. The number of esters is 1. The molecule has 2 aliphatic rings. The van der Waals surface area contributed by atoms with Gasteiger partial charge in [0.2, 0.25) is 11.8 Å². The third-order valence-electron chi connectivity index (χ3n) is 2.38. The molecule has 0 aromatic heterocycles. The van der Waals surface area contributed by atoms with Crippen LogP contribution in [0.4, 0.5) is 0 Å². The molecule has 7 nitrogen and oxygen atoms in total. The molecule has 8 heteroatoms. The van der Waals surface area contributed by atoms with Crippen LogP contribution in [0.25, 0.3) is 0 Å². The minimum absolute atomic E-state index is 0.174. The second-order valence-corrected chi connectivity index (χ2v) is 4.23. The quantitative estimate of drug-likeness (QED) is 0.229. The summed E-state index contributed by atoms with van der Waals surface area (Å²) >= 11 is 4.80. The first-order valence-corrected chi connectivity index (χ1v) is 5.62. The number of thiocarbonyl (C=S) groups is 1. The molecule has 2 amide bonds. The Morgan fingerprint density at radius 3 is 2.63 bits per heavy atom. The maximum atomic E-state index is 11.7. The SMILES string of the molecule is CC1=CC(=O)C(=CN2C(=O)CC(=O)NC2=S)C(=O)O1. The van der Waals surface area contributed by atoms with Crippen molar-refractivity contribution in [1.29, 1.82) is 0 Å². The van der Waals surface area contributed by atoms with Crippen molar-refractivity contribution in [3.8, 4) is 0 Å². The van der Waals surface area contributed by atoms with Gasteiger partial charge in [-0.3, -0.25) is 19.3 Å². The lowest BCUT2D eigenvalue weighted by Gasteiger charge is -2.25. The van der Waals surface area contributed by atoms with Crippen molar-refractivity contribution in [3.05, 3.63) is 23.6 Å². The monoisotopic (exact) mass is 280 g/mol. The maximum Gasteiger partial charge on any atom is 0.348 e. The molecule has 0 aliphatic carbocycles. The van der Waals surface area contributed by atoms with Gasteiger partial charge in [-0.25, -0.2) is 4.79 Å². The number of ketones is 1. The van der Waals surface area contributed by atoms with Crippen LogP contribution in [0.1, 0.15) is 13.3 Å². The van der Waals surface area contributed by atoms with Gasteiger partial charge in [-0.15, -0.1) is 0 Å². The van der Waals surface area contributed by atoms with E-state index in [2.05, 4.69) is 5.32 Å². The second kappa shape index (κ2) is 4.73. The van der Waals surface area contributed by atoms with Crippen LogP contribution in [-0.4, -0.2) is 33.6 Å². The molecule has 0 atom stereocenters. The molecule has 1 fully saturated rings. The van der Waals surface area contributed by atoms with Crippen LogP contribution >= 0.6 is 12.2 Å². The highest BCUT2D eigenvalue weighted by atomic mass is 32.1. The largest absolute Gasteiger partial charge is 0.427 e. The van der Waals surface area contributed by atoms with E-state index in [1.807, 2.05) is 0 Å². The highest BCUT2D eigenvalue weighted by Gasteiger charge is 2.31. The smallest absolute Gasteiger partial charge is 0.348 e. The zero-order valence-electron chi connectivity index (χ0n) is 9.76. The van der Waals surface area contributed by atoms with Crippen LogP contribution in [-0.2, 0) is 23.9 Å². The standard InChI is InChI=1S/C11H8N2O5S/c1-5-2-7(14)6(10(17)18-5)4-13-9(16)3-8(15)12-11(13)19/h2,4H,3H2,1H3,(H,12,15,19). The molecule has 0 bridgehead atoms. The first-order chi connectivity index (χ1) is 8.88. The van der Waals surface area contributed by atoms with E-state index in [0.29, 0.717) is 0 Å². The first kappa shape index (κ1) is 13.1. The van der Waals surface area contributed by atoms with Gasteiger partial charge in [0.15, 0.2) is 10.9 Å². The number of amides is 2. The maximum absolute atomic E-state index is 11.7. The Kier molecular flexibility index (Phi) is 3.26. The van der Waals surface area contributed by atoms with Gasteiger partial charge in [-0.05, 0) is 19.1 Å². The Bertz CT molecular complexity index is 570. The lowest BCUT2D eigenvalue weighted by Crippen LogP contribution is -2.50. The Hall–Kier alpha value is -2.35. The summed E-state index contributed by atoms with van der Waals surface area (Å²) < 4.78 is 4.77. The number of nitrogens with zero attached hydrogens (tertiary/aromatic N) is 1. The molecular weight excluding hydrogens is 272 g/mol. The number of hydrogen-bond donors (Lipinski definition) is 1. The third-order valence-corrected chi connectivity index (χ3v) is 2.68. The summed E-state index contributed by atoms with van der Waals surface area (Å²) in [6.45, 7) is 1.46. The number of carbonyl (C=O) groups excluding carboxylic acids is 4. The molecule has 0 aromatic rings. The summed E-state index contributed by atoms with van der Waals surface area (Å²) in [7, 11) is 0. The molecule has 1 N–H and O–H groups in total. The zero-order valence-corrected chi connectivity index (χ0v) is 10.6. The number of ether oxygens (including phenoxy) is 1. The number of cyclic esters (lactones) is 1. The molecule has 0 saturated carbocycles. The van der Waals surface area contributed by atoms with Crippen molar-refractivity contribution in [3.63, 3.8) is 0 Å². The molecule has 2 rings (SSSR count). The molecule has 2 aliphatic heterocycles. The van der Waals surface area contributed by atoms with Crippen molar-refractivity contribution in [2.75, 3.05) is 0 Å². The molecule has 2 heterocycles. The second-order valence-electron chi connectivity index (χ2n) is 3.85. The fourth-order valence-electron chi connectivity index (χ4n) is 1.53. The fraction of sp³-hybridized carbons (Fsp3) is 0.182. The normalized spacial score (nSPS) is 22.4. The van der Waals surface area contributed by atoms with Crippen molar-refractivity contribution in [1.82, 2.24) is 10.2 Å². The predicted molar refractivity (Wildman–Crippen MR) is 65.1 cm³/mol. The summed E-state index contributed by atoms with van der Waals surface area (Å²) in [5.74, 6) is -2.42. The number of hydrogen-bond acceptors (Lipinski definition) is 6. The minimum atomic E-state index is -0.863.